The second kappa shape index (κ2) is 10.3. The van der Waals surface area contributed by atoms with E-state index in [1.807, 2.05) is 28.7 Å². The first-order chi connectivity index (χ1) is 25.3. The molecule has 0 spiro atoms. The van der Waals surface area contributed by atoms with Crippen LogP contribution in [0.4, 0.5) is 0 Å². The summed E-state index contributed by atoms with van der Waals surface area (Å²) in [6, 6.07) is 58.0. The fourth-order valence-electron chi connectivity index (χ4n) is 8.64. The van der Waals surface area contributed by atoms with E-state index in [9.17, 15) is 0 Å². The molecule has 0 amide bonds. The molecular formula is C48H26OS2. The van der Waals surface area contributed by atoms with Gasteiger partial charge < -0.3 is 4.42 Å². The first-order valence-corrected chi connectivity index (χ1v) is 19.0. The molecule has 0 aliphatic heterocycles. The van der Waals surface area contributed by atoms with Crippen molar-refractivity contribution < 1.29 is 4.42 Å². The highest BCUT2D eigenvalue weighted by atomic mass is 32.1. The van der Waals surface area contributed by atoms with E-state index in [4.69, 9.17) is 4.42 Å². The van der Waals surface area contributed by atoms with Crippen molar-refractivity contribution in [2.24, 2.45) is 0 Å². The lowest BCUT2D eigenvalue weighted by molar-refractivity contribution is 0.669. The summed E-state index contributed by atoms with van der Waals surface area (Å²) in [5.74, 6) is 0. The molecule has 236 valence electrons. The van der Waals surface area contributed by atoms with Crippen LogP contribution in [-0.2, 0) is 0 Å². The maximum Gasteiger partial charge on any atom is 0.135 e. The normalized spacial score (nSPS) is 12.3. The summed E-state index contributed by atoms with van der Waals surface area (Å²) in [6.45, 7) is 0. The third-order valence-corrected chi connectivity index (χ3v) is 13.3. The Hall–Kier alpha value is -6.00. The van der Waals surface area contributed by atoms with Crippen molar-refractivity contribution in [3.8, 4) is 22.3 Å². The minimum absolute atomic E-state index is 0.918. The van der Waals surface area contributed by atoms with Crippen molar-refractivity contribution in [3.63, 3.8) is 0 Å². The average Bonchev–Trinajstić information content (AvgIpc) is 3.88. The van der Waals surface area contributed by atoms with Gasteiger partial charge in [0.15, 0.2) is 0 Å². The molecule has 3 aromatic heterocycles. The smallest absolute Gasteiger partial charge is 0.135 e. The molecule has 3 heterocycles. The van der Waals surface area contributed by atoms with E-state index in [2.05, 4.69) is 152 Å². The first-order valence-electron chi connectivity index (χ1n) is 17.3. The van der Waals surface area contributed by atoms with Crippen molar-refractivity contribution in [2.45, 2.75) is 0 Å². The molecule has 0 bridgehead atoms. The van der Waals surface area contributed by atoms with E-state index >= 15 is 0 Å². The Bertz CT molecular complexity index is 3370. The average molecular weight is 683 g/mol. The molecule has 0 aliphatic rings. The van der Waals surface area contributed by atoms with Gasteiger partial charge in [-0.3, -0.25) is 0 Å². The standard InChI is InChI=1S/C48H26OS2/c1-2-12-29-27(11-1)21-23-36-45-47-38(31-14-8-10-20-42(31)50-47)26-39(48(45)51-46(29)36)44-34-17-5-3-15-32(34)43(33-16-4-6-18-35(33)44)28-22-24-41-37(25-28)30-13-7-9-19-40(30)49-41/h1-26H. The van der Waals surface area contributed by atoms with Gasteiger partial charge in [0, 0.05) is 56.7 Å². The van der Waals surface area contributed by atoms with E-state index in [0.717, 1.165) is 21.9 Å². The summed E-state index contributed by atoms with van der Waals surface area (Å²) < 4.78 is 11.7. The van der Waals surface area contributed by atoms with E-state index in [1.54, 1.807) is 0 Å². The fraction of sp³-hybridized carbons (Fsp3) is 0. The van der Waals surface area contributed by atoms with Gasteiger partial charge in [-0.1, -0.05) is 127 Å². The van der Waals surface area contributed by atoms with Crippen molar-refractivity contribution in [3.05, 3.63) is 158 Å². The van der Waals surface area contributed by atoms with Gasteiger partial charge in [-0.25, -0.2) is 0 Å². The molecule has 0 fully saturated rings. The molecular weight excluding hydrogens is 657 g/mol. The molecule has 12 aromatic rings. The first kappa shape index (κ1) is 27.8. The Morgan fingerprint density at radius 1 is 0.353 bits per heavy atom. The number of hydrogen-bond acceptors (Lipinski definition) is 3. The Kier molecular flexibility index (Phi) is 5.59. The molecule has 3 heteroatoms. The quantitative estimate of drug-likeness (QED) is 0.165. The number of benzene rings is 9. The minimum Gasteiger partial charge on any atom is -0.456 e. The Morgan fingerprint density at radius 2 is 0.980 bits per heavy atom. The van der Waals surface area contributed by atoms with Crippen LogP contribution in [0, 0.1) is 0 Å². The number of para-hydroxylation sites is 1. The van der Waals surface area contributed by atoms with Gasteiger partial charge in [-0.2, -0.15) is 0 Å². The summed E-state index contributed by atoms with van der Waals surface area (Å²) in [5, 5.41) is 15.3. The predicted molar refractivity (Wildman–Crippen MR) is 223 cm³/mol. The number of hydrogen-bond donors (Lipinski definition) is 0. The lowest BCUT2D eigenvalue weighted by Crippen LogP contribution is -1.91. The van der Waals surface area contributed by atoms with Crippen molar-refractivity contribution >= 4 is 117 Å². The second-order valence-electron chi connectivity index (χ2n) is 13.5. The number of furan rings is 1. The Morgan fingerprint density at radius 3 is 1.76 bits per heavy atom. The number of thiophene rings is 2. The molecule has 9 aromatic carbocycles. The van der Waals surface area contributed by atoms with Crippen LogP contribution >= 0.6 is 22.7 Å². The van der Waals surface area contributed by atoms with Crippen LogP contribution in [0.2, 0.25) is 0 Å². The van der Waals surface area contributed by atoms with Crippen LogP contribution in [0.25, 0.3) is 117 Å². The summed E-state index contributed by atoms with van der Waals surface area (Å²) in [5.41, 5.74) is 6.91. The van der Waals surface area contributed by atoms with E-state index in [1.165, 1.54) is 94.9 Å². The molecule has 0 saturated heterocycles. The molecule has 0 atom stereocenters. The van der Waals surface area contributed by atoms with Crippen molar-refractivity contribution in [2.75, 3.05) is 0 Å². The van der Waals surface area contributed by atoms with Crippen molar-refractivity contribution in [1.29, 1.82) is 0 Å². The zero-order valence-electron chi connectivity index (χ0n) is 27.2. The fourth-order valence-corrected chi connectivity index (χ4v) is 11.3. The Labute approximate surface area is 300 Å². The highest BCUT2D eigenvalue weighted by Gasteiger charge is 2.23. The minimum atomic E-state index is 0.918. The van der Waals surface area contributed by atoms with Crippen LogP contribution in [0.5, 0.6) is 0 Å². The van der Waals surface area contributed by atoms with Crippen LogP contribution in [-0.4, -0.2) is 0 Å². The number of rotatable bonds is 2. The zero-order chi connectivity index (χ0) is 33.2. The van der Waals surface area contributed by atoms with E-state index < -0.39 is 0 Å². The maximum absolute atomic E-state index is 6.25. The lowest BCUT2D eigenvalue weighted by Gasteiger charge is -2.18. The highest BCUT2D eigenvalue weighted by Crippen LogP contribution is 2.53. The summed E-state index contributed by atoms with van der Waals surface area (Å²) in [6.07, 6.45) is 0. The molecule has 0 radical (unpaired) electrons. The molecule has 0 aliphatic carbocycles. The van der Waals surface area contributed by atoms with Gasteiger partial charge in [0.2, 0.25) is 0 Å². The molecule has 12 rings (SSSR count). The van der Waals surface area contributed by atoms with Crippen LogP contribution in [0.1, 0.15) is 0 Å². The van der Waals surface area contributed by atoms with Gasteiger partial charge >= 0.3 is 0 Å². The van der Waals surface area contributed by atoms with Gasteiger partial charge in [0.25, 0.3) is 0 Å². The van der Waals surface area contributed by atoms with Gasteiger partial charge in [0.1, 0.15) is 11.2 Å². The third-order valence-electron chi connectivity index (χ3n) is 10.8. The maximum atomic E-state index is 6.25. The summed E-state index contributed by atoms with van der Waals surface area (Å²) in [7, 11) is 0. The molecule has 51 heavy (non-hydrogen) atoms. The second-order valence-corrected chi connectivity index (χ2v) is 15.6. The van der Waals surface area contributed by atoms with E-state index in [0.29, 0.717) is 0 Å². The summed E-state index contributed by atoms with van der Waals surface area (Å²) >= 11 is 3.88. The largest absolute Gasteiger partial charge is 0.456 e. The highest BCUT2D eigenvalue weighted by molar-refractivity contribution is 7.30. The lowest BCUT2D eigenvalue weighted by atomic mass is 9.85. The zero-order valence-corrected chi connectivity index (χ0v) is 28.9. The molecule has 0 saturated carbocycles. The molecule has 0 N–H and O–H groups in total. The van der Waals surface area contributed by atoms with Gasteiger partial charge in [-0.15, -0.1) is 22.7 Å². The summed E-state index contributed by atoms with van der Waals surface area (Å²) in [4.78, 5) is 0. The number of fused-ring (bicyclic) bond motifs is 14. The van der Waals surface area contributed by atoms with Crippen LogP contribution < -0.4 is 0 Å². The van der Waals surface area contributed by atoms with Gasteiger partial charge in [0.05, 0.1) is 0 Å². The topological polar surface area (TPSA) is 13.1 Å². The predicted octanol–water partition coefficient (Wildman–Crippen LogP) is 15.1. The van der Waals surface area contributed by atoms with Crippen LogP contribution in [0.15, 0.2) is 162 Å². The SMILES string of the molecule is c1ccc2c(c1)ccc1c2sc2c(-c3c4ccccc4c(-c4ccc5oc6ccccc6c5c4)c4ccccc34)cc3c4ccccc4sc3c21. The van der Waals surface area contributed by atoms with E-state index in [-0.39, 0.29) is 0 Å². The Balaban J connectivity index is 1.26. The van der Waals surface area contributed by atoms with Crippen molar-refractivity contribution in [1.82, 2.24) is 0 Å². The monoisotopic (exact) mass is 682 g/mol. The van der Waals surface area contributed by atoms with Gasteiger partial charge in [-0.05, 0) is 79.3 Å². The van der Waals surface area contributed by atoms with Crippen LogP contribution in [0.3, 0.4) is 0 Å². The third kappa shape index (κ3) is 3.80. The molecule has 1 nitrogen and oxygen atoms in total. The molecule has 0 unspecified atom stereocenters.